The van der Waals surface area contributed by atoms with Gasteiger partial charge in [0.15, 0.2) is 11.0 Å². The second-order valence-electron chi connectivity index (χ2n) is 7.18. The number of carbonyl (C=O) groups excluding carboxylic acids is 1. The molecule has 3 rings (SSSR count). The Labute approximate surface area is 193 Å². The Morgan fingerprint density at radius 3 is 2.34 bits per heavy atom. The molecule has 0 amide bonds. The van der Waals surface area contributed by atoms with Crippen LogP contribution < -0.4 is 9.47 Å². The highest BCUT2D eigenvalue weighted by atomic mass is 32.2. The number of ether oxygens (including phenoxy) is 3. The maximum absolute atomic E-state index is 12.6. The minimum absolute atomic E-state index is 0.233. The summed E-state index contributed by atoms with van der Waals surface area (Å²) in [6.07, 6.45) is 1.54. The third-order valence-corrected chi connectivity index (χ3v) is 6.14. The molecule has 7 nitrogen and oxygen atoms in total. The standard InChI is InChI=1S/C24H29N3O4S/c1-6-10-21(23(28)31-7-2)32-24-26-25-22(27(24)20-12-9-8-11-16(20)3)17-13-18(29-4)15-19(14-17)30-5/h8-9,11-15,21H,6-7,10H2,1-5H3/t21-/m0/s1. The molecule has 0 aliphatic carbocycles. The van der Waals surface area contributed by atoms with Gasteiger partial charge in [-0.05, 0) is 44.0 Å². The molecule has 0 bridgehead atoms. The van der Waals surface area contributed by atoms with Crippen LogP contribution in [0.1, 0.15) is 32.3 Å². The molecule has 8 heteroatoms. The number of esters is 1. The van der Waals surface area contributed by atoms with Crippen LogP contribution in [0.15, 0.2) is 47.6 Å². The van der Waals surface area contributed by atoms with Crippen molar-refractivity contribution >= 4 is 17.7 Å². The Morgan fingerprint density at radius 2 is 1.75 bits per heavy atom. The minimum Gasteiger partial charge on any atom is -0.497 e. The first-order valence-electron chi connectivity index (χ1n) is 10.6. The van der Waals surface area contributed by atoms with Gasteiger partial charge in [0.2, 0.25) is 0 Å². The van der Waals surface area contributed by atoms with E-state index in [-0.39, 0.29) is 11.2 Å². The van der Waals surface area contributed by atoms with Gasteiger partial charge in [0.05, 0.1) is 26.5 Å². The van der Waals surface area contributed by atoms with Crippen molar-refractivity contribution in [2.45, 2.75) is 44.0 Å². The fourth-order valence-corrected chi connectivity index (χ4v) is 4.50. The molecule has 0 fully saturated rings. The molecule has 0 aliphatic rings. The van der Waals surface area contributed by atoms with E-state index in [1.165, 1.54) is 11.8 Å². The summed E-state index contributed by atoms with van der Waals surface area (Å²) in [5.74, 6) is 1.72. The molecule has 1 aromatic heterocycles. The van der Waals surface area contributed by atoms with E-state index in [4.69, 9.17) is 14.2 Å². The zero-order chi connectivity index (χ0) is 23.1. The average molecular weight is 456 g/mol. The number of nitrogens with zero attached hydrogens (tertiary/aromatic N) is 3. The predicted molar refractivity (Wildman–Crippen MR) is 126 cm³/mol. The lowest BCUT2D eigenvalue weighted by molar-refractivity contribution is -0.142. The zero-order valence-corrected chi connectivity index (χ0v) is 19.9. The van der Waals surface area contributed by atoms with Gasteiger partial charge in [-0.3, -0.25) is 9.36 Å². The number of hydrogen-bond acceptors (Lipinski definition) is 7. The molecule has 0 saturated heterocycles. The molecule has 0 aliphatic heterocycles. The van der Waals surface area contributed by atoms with Gasteiger partial charge < -0.3 is 14.2 Å². The first-order valence-corrected chi connectivity index (χ1v) is 11.5. The lowest BCUT2D eigenvalue weighted by Crippen LogP contribution is -2.21. The number of benzene rings is 2. The highest BCUT2D eigenvalue weighted by Crippen LogP contribution is 2.35. The molecule has 3 aromatic rings. The van der Waals surface area contributed by atoms with Crippen LogP contribution in [0.2, 0.25) is 0 Å². The van der Waals surface area contributed by atoms with E-state index < -0.39 is 0 Å². The van der Waals surface area contributed by atoms with E-state index in [2.05, 4.69) is 10.2 Å². The van der Waals surface area contributed by atoms with Crippen molar-refractivity contribution in [1.82, 2.24) is 14.8 Å². The first kappa shape index (κ1) is 23.7. The highest BCUT2D eigenvalue weighted by molar-refractivity contribution is 8.00. The normalized spacial score (nSPS) is 11.8. The van der Waals surface area contributed by atoms with Crippen molar-refractivity contribution in [2.24, 2.45) is 0 Å². The summed E-state index contributed by atoms with van der Waals surface area (Å²) in [6, 6.07) is 13.6. The molecular formula is C24H29N3O4S. The van der Waals surface area contributed by atoms with E-state index in [0.29, 0.717) is 35.5 Å². The summed E-state index contributed by atoms with van der Waals surface area (Å²) >= 11 is 1.38. The van der Waals surface area contributed by atoms with E-state index in [1.54, 1.807) is 14.2 Å². The molecule has 0 radical (unpaired) electrons. The average Bonchev–Trinajstić information content (AvgIpc) is 3.22. The monoisotopic (exact) mass is 455 g/mol. The summed E-state index contributed by atoms with van der Waals surface area (Å²) in [5.41, 5.74) is 2.80. The Balaban J connectivity index is 2.15. The number of carbonyl (C=O) groups is 1. The Morgan fingerprint density at radius 1 is 1.06 bits per heavy atom. The zero-order valence-electron chi connectivity index (χ0n) is 19.1. The number of thioether (sulfide) groups is 1. The molecule has 32 heavy (non-hydrogen) atoms. The first-order chi connectivity index (χ1) is 15.5. The molecule has 0 N–H and O–H groups in total. The number of hydrogen-bond donors (Lipinski definition) is 0. The van der Waals surface area contributed by atoms with E-state index in [1.807, 2.05) is 67.8 Å². The van der Waals surface area contributed by atoms with Gasteiger partial charge in [0.1, 0.15) is 16.7 Å². The van der Waals surface area contributed by atoms with Crippen molar-refractivity contribution in [3.8, 4) is 28.6 Å². The fourth-order valence-electron chi connectivity index (χ4n) is 3.35. The van der Waals surface area contributed by atoms with Crippen LogP contribution in [0, 0.1) is 6.92 Å². The SMILES string of the molecule is CCC[C@H](Sc1nnc(-c2cc(OC)cc(OC)c2)n1-c1ccccc1C)C(=O)OCC. The third-order valence-electron chi connectivity index (χ3n) is 4.95. The number of aryl methyl sites for hydroxylation is 1. The summed E-state index contributed by atoms with van der Waals surface area (Å²) < 4.78 is 18.2. The Kier molecular flexibility index (Phi) is 8.16. The summed E-state index contributed by atoms with van der Waals surface area (Å²) in [7, 11) is 3.22. The van der Waals surface area contributed by atoms with Gasteiger partial charge >= 0.3 is 5.97 Å². The summed E-state index contributed by atoms with van der Waals surface area (Å²) in [5, 5.41) is 9.24. The van der Waals surface area contributed by atoms with Crippen molar-refractivity contribution in [2.75, 3.05) is 20.8 Å². The van der Waals surface area contributed by atoms with Crippen LogP contribution >= 0.6 is 11.8 Å². The fraction of sp³-hybridized carbons (Fsp3) is 0.375. The van der Waals surface area contributed by atoms with Gasteiger partial charge in [-0.15, -0.1) is 10.2 Å². The molecule has 2 aromatic carbocycles. The maximum atomic E-state index is 12.6. The predicted octanol–water partition coefficient (Wildman–Crippen LogP) is 5.08. The van der Waals surface area contributed by atoms with Gasteiger partial charge in [0.25, 0.3) is 0 Å². The Bertz CT molecular complexity index is 1040. The molecule has 170 valence electrons. The maximum Gasteiger partial charge on any atom is 0.319 e. The van der Waals surface area contributed by atoms with E-state index in [0.717, 1.165) is 23.2 Å². The molecule has 1 atom stereocenters. The number of aromatic nitrogens is 3. The van der Waals surface area contributed by atoms with E-state index >= 15 is 0 Å². The highest BCUT2D eigenvalue weighted by Gasteiger charge is 2.26. The summed E-state index contributed by atoms with van der Waals surface area (Å²) in [4.78, 5) is 12.6. The smallest absolute Gasteiger partial charge is 0.319 e. The molecule has 1 heterocycles. The third kappa shape index (κ3) is 5.24. The quantitative estimate of drug-likeness (QED) is 0.311. The molecule has 0 saturated carbocycles. The van der Waals surface area contributed by atoms with Gasteiger partial charge in [0, 0.05) is 11.6 Å². The van der Waals surface area contributed by atoms with Crippen LogP contribution in [0.25, 0.3) is 17.1 Å². The summed E-state index contributed by atoms with van der Waals surface area (Å²) in [6.45, 7) is 6.25. The van der Waals surface area contributed by atoms with Crippen LogP contribution in [-0.2, 0) is 9.53 Å². The van der Waals surface area contributed by atoms with Crippen LogP contribution in [0.3, 0.4) is 0 Å². The second kappa shape index (κ2) is 11.0. The number of rotatable bonds is 10. The Hall–Kier alpha value is -3.00. The largest absolute Gasteiger partial charge is 0.497 e. The van der Waals surface area contributed by atoms with Crippen LogP contribution in [0.4, 0.5) is 0 Å². The van der Waals surface area contributed by atoms with Gasteiger partial charge in [-0.1, -0.05) is 43.3 Å². The van der Waals surface area contributed by atoms with Crippen molar-refractivity contribution in [3.05, 3.63) is 48.0 Å². The molecule has 0 unspecified atom stereocenters. The van der Waals surface area contributed by atoms with Crippen molar-refractivity contribution in [3.63, 3.8) is 0 Å². The lowest BCUT2D eigenvalue weighted by Gasteiger charge is -2.17. The van der Waals surface area contributed by atoms with Crippen LogP contribution in [-0.4, -0.2) is 46.8 Å². The number of para-hydroxylation sites is 1. The minimum atomic E-state index is -0.361. The second-order valence-corrected chi connectivity index (χ2v) is 8.35. The number of methoxy groups -OCH3 is 2. The van der Waals surface area contributed by atoms with Gasteiger partial charge in [-0.25, -0.2) is 0 Å². The van der Waals surface area contributed by atoms with Crippen molar-refractivity contribution < 1.29 is 19.0 Å². The van der Waals surface area contributed by atoms with Crippen LogP contribution in [0.5, 0.6) is 11.5 Å². The molecular weight excluding hydrogens is 426 g/mol. The van der Waals surface area contributed by atoms with E-state index in [9.17, 15) is 4.79 Å². The van der Waals surface area contributed by atoms with Crippen molar-refractivity contribution in [1.29, 1.82) is 0 Å². The topological polar surface area (TPSA) is 75.5 Å². The lowest BCUT2D eigenvalue weighted by atomic mass is 10.1. The molecule has 0 spiro atoms. The van der Waals surface area contributed by atoms with Gasteiger partial charge in [-0.2, -0.15) is 0 Å².